The van der Waals surface area contributed by atoms with Gasteiger partial charge in [-0.05, 0) is 31.2 Å². The van der Waals surface area contributed by atoms with Gasteiger partial charge in [0.2, 0.25) is 0 Å². The molecule has 1 aromatic carbocycles. The smallest absolute Gasteiger partial charge is 0.191 e. The van der Waals surface area contributed by atoms with Gasteiger partial charge in [0.25, 0.3) is 0 Å². The number of hydrogen-bond donors (Lipinski definition) is 0. The number of Topliss-reactive ketones (excluding diaryl/α,β-unsaturated/α-hetero) is 1. The number of ether oxygens (including phenoxy) is 1. The number of rotatable bonds is 5. The number of benzene rings is 1. The predicted molar refractivity (Wildman–Crippen MR) is 68.4 cm³/mol. The first kappa shape index (κ1) is 12.3. The summed E-state index contributed by atoms with van der Waals surface area (Å²) in [6, 6.07) is 8.01. The van der Waals surface area contributed by atoms with Crippen LogP contribution in [0.5, 0.6) is 0 Å². The van der Waals surface area contributed by atoms with E-state index in [0.29, 0.717) is 0 Å². The van der Waals surface area contributed by atoms with E-state index in [1.54, 1.807) is 0 Å². The van der Waals surface area contributed by atoms with Crippen molar-refractivity contribution < 1.29 is 9.53 Å². The van der Waals surface area contributed by atoms with Crippen molar-refractivity contribution >= 4 is 5.78 Å². The first-order valence-corrected chi connectivity index (χ1v) is 6.56. The number of aryl methyl sites for hydroxylation is 1. The molecule has 2 rings (SSSR count). The molecule has 0 amide bonds. The molecule has 1 saturated heterocycles. The van der Waals surface area contributed by atoms with E-state index in [9.17, 15) is 4.79 Å². The van der Waals surface area contributed by atoms with E-state index in [4.69, 9.17) is 4.74 Å². The molecule has 1 heterocycles. The van der Waals surface area contributed by atoms with Gasteiger partial charge in [-0.15, -0.1) is 0 Å². The van der Waals surface area contributed by atoms with Crippen molar-refractivity contribution in [2.75, 3.05) is 6.61 Å². The van der Waals surface area contributed by atoms with Gasteiger partial charge in [-0.2, -0.15) is 0 Å². The van der Waals surface area contributed by atoms with Crippen molar-refractivity contribution in [1.29, 1.82) is 0 Å². The molecule has 1 atom stereocenters. The number of hydrogen-bond acceptors (Lipinski definition) is 2. The van der Waals surface area contributed by atoms with E-state index in [2.05, 4.69) is 19.1 Å². The van der Waals surface area contributed by atoms with Gasteiger partial charge >= 0.3 is 0 Å². The van der Waals surface area contributed by atoms with Crippen molar-refractivity contribution in [3.8, 4) is 0 Å². The third kappa shape index (κ3) is 3.16. The summed E-state index contributed by atoms with van der Waals surface area (Å²) in [6.45, 7) is 2.92. The normalized spacial score (nSPS) is 19.5. The molecule has 0 aliphatic carbocycles. The molecule has 92 valence electrons. The predicted octanol–water partition coefficient (Wildman–Crippen LogP) is 3.39. The minimum absolute atomic E-state index is 0.143. The molecule has 0 spiro atoms. The van der Waals surface area contributed by atoms with Crippen molar-refractivity contribution in [1.82, 2.24) is 0 Å². The van der Waals surface area contributed by atoms with Crippen molar-refractivity contribution in [3.63, 3.8) is 0 Å². The lowest BCUT2D eigenvalue weighted by molar-refractivity contribution is 0.0643. The average molecular weight is 232 g/mol. The molecule has 0 bridgehead atoms. The van der Waals surface area contributed by atoms with Gasteiger partial charge in [0, 0.05) is 12.2 Å². The molecule has 2 nitrogen and oxygen atoms in total. The van der Waals surface area contributed by atoms with Crippen LogP contribution in [0, 0.1) is 0 Å². The highest BCUT2D eigenvalue weighted by Gasteiger charge is 2.24. The van der Waals surface area contributed by atoms with E-state index < -0.39 is 0 Å². The van der Waals surface area contributed by atoms with Crippen LogP contribution in [0.15, 0.2) is 24.3 Å². The van der Waals surface area contributed by atoms with Crippen LogP contribution in [0.1, 0.15) is 48.5 Å². The van der Waals surface area contributed by atoms with E-state index in [1.807, 2.05) is 12.1 Å². The standard InChI is InChI=1S/C15H20O2/c1-2-3-5-12-7-9-13(10-8-12)15(16)14-6-4-11-17-14/h7-10,14H,2-6,11H2,1H3. The highest BCUT2D eigenvalue weighted by Crippen LogP contribution is 2.18. The average Bonchev–Trinajstić information content (AvgIpc) is 2.90. The molecule has 0 N–H and O–H groups in total. The molecule has 1 aromatic rings. The van der Waals surface area contributed by atoms with Crippen LogP contribution >= 0.6 is 0 Å². The monoisotopic (exact) mass is 232 g/mol. The zero-order chi connectivity index (χ0) is 12.1. The Balaban J connectivity index is 1.99. The Hall–Kier alpha value is -1.15. The minimum Gasteiger partial charge on any atom is -0.370 e. The first-order chi connectivity index (χ1) is 8.31. The maximum Gasteiger partial charge on any atom is 0.191 e. The van der Waals surface area contributed by atoms with Gasteiger partial charge in [-0.3, -0.25) is 4.79 Å². The SMILES string of the molecule is CCCCc1ccc(C(=O)C2CCCO2)cc1. The third-order valence-corrected chi connectivity index (χ3v) is 3.28. The maximum atomic E-state index is 12.0. The van der Waals surface area contributed by atoms with Crippen molar-refractivity contribution in [2.45, 2.75) is 45.1 Å². The highest BCUT2D eigenvalue weighted by molar-refractivity contribution is 5.99. The summed E-state index contributed by atoms with van der Waals surface area (Å²) in [6.07, 6.45) is 5.19. The van der Waals surface area contributed by atoms with Crippen molar-refractivity contribution in [3.05, 3.63) is 35.4 Å². The molecule has 1 fully saturated rings. The molecule has 0 saturated carbocycles. The van der Waals surface area contributed by atoms with Gasteiger partial charge < -0.3 is 4.74 Å². The Bertz CT molecular complexity index is 361. The molecular formula is C15H20O2. The minimum atomic E-state index is -0.198. The zero-order valence-corrected chi connectivity index (χ0v) is 10.4. The van der Waals surface area contributed by atoms with Crippen LogP contribution in [0.3, 0.4) is 0 Å². The van der Waals surface area contributed by atoms with Crippen LogP contribution in [-0.2, 0) is 11.2 Å². The molecule has 0 radical (unpaired) electrons. The second-order valence-corrected chi connectivity index (χ2v) is 4.67. The van der Waals surface area contributed by atoms with Crippen LogP contribution in [0.4, 0.5) is 0 Å². The van der Waals surface area contributed by atoms with Gasteiger partial charge in [0.1, 0.15) is 6.10 Å². The van der Waals surface area contributed by atoms with Gasteiger partial charge in [0.15, 0.2) is 5.78 Å². The Morgan fingerprint density at radius 2 is 2.12 bits per heavy atom. The Morgan fingerprint density at radius 3 is 2.71 bits per heavy atom. The van der Waals surface area contributed by atoms with Gasteiger partial charge in [-0.25, -0.2) is 0 Å². The topological polar surface area (TPSA) is 26.3 Å². The van der Waals surface area contributed by atoms with Gasteiger partial charge in [0.05, 0.1) is 0 Å². The zero-order valence-electron chi connectivity index (χ0n) is 10.4. The fourth-order valence-electron chi connectivity index (χ4n) is 2.19. The number of unbranched alkanes of at least 4 members (excludes halogenated alkanes) is 1. The lowest BCUT2D eigenvalue weighted by Gasteiger charge is -2.08. The molecular weight excluding hydrogens is 212 g/mol. The van der Waals surface area contributed by atoms with Crippen LogP contribution < -0.4 is 0 Å². The number of carbonyl (C=O) groups is 1. The van der Waals surface area contributed by atoms with Gasteiger partial charge in [-0.1, -0.05) is 37.6 Å². The van der Waals surface area contributed by atoms with E-state index in [-0.39, 0.29) is 11.9 Å². The quantitative estimate of drug-likeness (QED) is 0.727. The lowest BCUT2D eigenvalue weighted by atomic mass is 10.0. The van der Waals surface area contributed by atoms with Crippen LogP contribution in [-0.4, -0.2) is 18.5 Å². The highest BCUT2D eigenvalue weighted by atomic mass is 16.5. The molecule has 1 unspecified atom stereocenters. The largest absolute Gasteiger partial charge is 0.370 e. The Kier molecular flexibility index (Phi) is 4.32. The molecule has 1 aliphatic heterocycles. The van der Waals surface area contributed by atoms with Crippen LogP contribution in [0.2, 0.25) is 0 Å². The summed E-state index contributed by atoms with van der Waals surface area (Å²) in [5.41, 5.74) is 2.10. The van der Waals surface area contributed by atoms with Crippen molar-refractivity contribution in [2.24, 2.45) is 0 Å². The second-order valence-electron chi connectivity index (χ2n) is 4.67. The van der Waals surface area contributed by atoms with Crippen LogP contribution in [0.25, 0.3) is 0 Å². The van der Waals surface area contributed by atoms with E-state index in [0.717, 1.165) is 31.4 Å². The summed E-state index contributed by atoms with van der Waals surface area (Å²) in [5, 5.41) is 0. The Morgan fingerprint density at radius 1 is 1.35 bits per heavy atom. The molecule has 2 heteroatoms. The summed E-state index contributed by atoms with van der Waals surface area (Å²) in [5.74, 6) is 0.143. The fourth-order valence-corrected chi connectivity index (χ4v) is 2.19. The number of ketones is 1. The third-order valence-electron chi connectivity index (χ3n) is 3.28. The molecule has 17 heavy (non-hydrogen) atoms. The number of carbonyl (C=O) groups excluding carboxylic acids is 1. The molecule has 1 aliphatic rings. The molecule has 0 aromatic heterocycles. The van der Waals surface area contributed by atoms with E-state index in [1.165, 1.54) is 18.4 Å². The summed E-state index contributed by atoms with van der Waals surface area (Å²) in [4.78, 5) is 12.0. The lowest BCUT2D eigenvalue weighted by Crippen LogP contribution is -2.19. The summed E-state index contributed by atoms with van der Waals surface area (Å²) < 4.78 is 5.41. The summed E-state index contributed by atoms with van der Waals surface area (Å²) in [7, 11) is 0. The Labute approximate surface area is 103 Å². The summed E-state index contributed by atoms with van der Waals surface area (Å²) >= 11 is 0. The first-order valence-electron chi connectivity index (χ1n) is 6.56. The fraction of sp³-hybridized carbons (Fsp3) is 0.533. The maximum absolute atomic E-state index is 12.0. The van der Waals surface area contributed by atoms with E-state index >= 15 is 0 Å². The second kappa shape index (κ2) is 5.97.